The van der Waals surface area contributed by atoms with Crippen LogP contribution in [0.5, 0.6) is 11.5 Å². The number of hydrogen-bond donors (Lipinski definition) is 1. The molecule has 0 atom stereocenters. The van der Waals surface area contributed by atoms with Crippen LogP contribution in [0.3, 0.4) is 0 Å². The first kappa shape index (κ1) is 18.5. The van der Waals surface area contributed by atoms with Crippen molar-refractivity contribution in [2.75, 3.05) is 12.4 Å². The second kappa shape index (κ2) is 7.79. The Morgan fingerprint density at radius 2 is 1.96 bits per heavy atom. The van der Waals surface area contributed by atoms with Crippen LogP contribution in [0, 0.1) is 11.7 Å². The zero-order valence-electron chi connectivity index (χ0n) is 13.9. The van der Waals surface area contributed by atoms with Gasteiger partial charge >= 0.3 is 0 Å². The molecule has 0 heterocycles. The molecule has 0 aliphatic carbocycles. The molecule has 128 valence electrons. The molecule has 0 aromatic heterocycles. The van der Waals surface area contributed by atoms with E-state index < -0.39 is 11.6 Å². The minimum atomic E-state index is -0.730. The molecule has 0 bridgehead atoms. The van der Waals surface area contributed by atoms with Crippen LogP contribution in [-0.2, 0) is 6.42 Å². The summed E-state index contributed by atoms with van der Waals surface area (Å²) in [6.07, 6.45) is 0.750. The third-order valence-electron chi connectivity index (χ3n) is 3.74. The standard InChI is InChI=1S/C19H20BrFO3/c1-11(2)6-13-7-12(18(23)10-20)4-5-14(13)15-8-17(22)16(21)9-19(15)24-3/h4-5,7-9,11,22H,6,10H2,1-3H3. The number of phenols is 1. The second-order valence-electron chi connectivity index (χ2n) is 6.03. The highest BCUT2D eigenvalue weighted by Crippen LogP contribution is 2.37. The maximum atomic E-state index is 13.6. The summed E-state index contributed by atoms with van der Waals surface area (Å²) in [5, 5.41) is 10.0. The molecule has 0 saturated heterocycles. The lowest BCUT2D eigenvalue weighted by atomic mass is 9.91. The number of halogens is 2. The monoisotopic (exact) mass is 394 g/mol. The first-order chi connectivity index (χ1) is 11.4. The van der Waals surface area contributed by atoms with E-state index in [-0.39, 0.29) is 11.1 Å². The minimum Gasteiger partial charge on any atom is -0.505 e. The van der Waals surface area contributed by atoms with Crippen molar-refractivity contribution in [3.8, 4) is 22.6 Å². The number of alkyl halides is 1. The summed E-state index contributed by atoms with van der Waals surface area (Å²) in [7, 11) is 1.46. The van der Waals surface area contributed by atoms with Crippen molar-refractivity contribution in [1.82, 2.24) is 0 Å². The van der Waals surface area contributed by atoms with Gasteiger partial charge in [-0.15, -0.1) is 0 Å². The van der Waals surface area contributed by atoms with Crippen LogP contribution < -0.4 is 4.74 Å². The smallest absolute Gasteiger partial charge is 0.173 e. The summed E-state index contributed by atoms with van der Waals surface area (Å²) in [4.78, 5) is 12.0. The fourth-order valence-electron chi connectivity index (χ4n) is 2.64. The van der Waals surface area contributed by atoms with Gasteiger partial charge in [0, 0.05) is 17.2 Å². The van der Waals surface area contributed by atoms with E-state index in [0.29, 0.717) is 22.8 Å². The topological polar surface area (TPSA) is 46.5 Å². The Balaban J connectivity index is 2.65. The Labute approximate surface area is 149 Å². The van der Waals surface area contributed by atoms with E-state index in [4.69, 9.17) is 4.74 Å². The molecule has 5 heteroatoms. The quantitative estimate of drug-likeness (QED) is 0.554. The van der Waals surface area contributed by atoms with Gasteiger partial charge in [0.05, 0.1) is 12.4 Å². The van der Waals surface area contributed by atoms with Gasteiger partial charge in [0.2, 0.25) is 0 Å². The third kappa shape index (κ3) is 3.96. The van der Waals surface area contributed by atoms with E-state index in [1.807, 2.05) is 12.1 Å². The summed E-state index contributed by atoms with van der Waals surface area (Å²) in [5.41, 5.74) is 3.00. The van der Waals surface area contributed by atoms with E-state index in [9.17, 15) is 14.3 Å². The van der Waals surface area contributed by atoms with Crippen LogP contribution in [0.1, 0.15) is 29.8 Å². The summed E-state index contributed by atoms with van der Waals surface area (Å²) in [6.45, 7) is 4.17. The molecular weight excluding hydrogens is 375 g/mol. The highest BCUT2D eigenvalue weighted by atomic mass is 79.9. The first-order valence-electron chi connectivity index (χ1n) is 7.66. The molecular formula is C19H20BrFO3. The van der Waals surface area contributed by atoms with Crippen molar-refractivity contribution in [2.45, 2.75) is 20.3 Å². The number of ether oxygens (including phenoxy) is 1. The Morgan fingerprint density at radius 1 is 1.25 bits per heavy atom. The van der Waals surface area contributed by atoms with Crippen molar-refractivity contribution < 1.29 is 19.0 Å². The lowest BCUT2D eigenvalue weighted by molar-refractivity contribution is 0.102. The number of carbonyl (C=O) groups is 1. The minimum absolute atomic E-state index is 0.000439. The molecule has 0 radical (unpaired) electrons. The largest absolute Gasteiger partial charge is 0.505 e. The van der Waals surface area contributed by atoms with Gasteiger partial charge in [0.15, 0.2) is 17.3 Å². The number of methoxy groups -OCH3 is 1. The molecule has 24 heavy (non-hydrogen) atoms. The lowest BCUT2D eigenvalue weighted by Gasteiger charge is -2.16. The van der Waals surface area contributed by atoms with Crippen LogP contribution in [0.2, 0.25) is 0 Å². The Bertz CT molecular complexity index is 757. The molecule has 0 fully saturated rings. The average Bonchev–Trinajstić information content (AvgIpc) is 2.55. The maximum Gasteiger partial charge on any atom is 0.173 e. The molecule has 3 nitrogen and oxygen atoms in total. The Kier molecular flexibility index (Phi) is 5.99. The SMILES string of the molecule is COc1cc(F)c(O)cc1-c1ccc(C(=O)CBr)cc1CC(C)C. The molecule has 0 aliphatic rings. The van der Waals surface area contributed by atoms with Gasteiger partial charge in [-0.3, -0.25) is 4.79 Å². The number of aromatic hydroxyl groups is 1. The predicted octanol–water partition coefficient (Wildman–Crippen LogP) is 4.98. The molecule has 0 unspecified atom stereocenters. The third-order valence-corrected chi connectivity index (χ3v) is 4.25. The van der Waals surface area contributed by atoms with Crippen LogP contribution in [0.25, 0.3) is 11.1 Å². The fourth-order valence-corrected chi connectivity index (χ4v) is 2.96. The Morgan fingerprint density at radius 3 is 2.54 bits per heavy atom. The van der Waals surface area contributed by atoms with E-state index in [1.165, 1.54) is 19.2 Å². The number of benzene rings is 2. The number of ketones is 1. The van der Waals surface area contributed by atoms with Crippen molar-refractivity contribution in [3.05, 3.63) is 47.3 Å². The second-order valence-corrected chi connectivity index (χ2v) is 6.59. The normalized spacial score (nSPS) is 10.9. The average molecular weight is 395 g/mol. The summed E-state index contributed by atoms with van der Waals surface area (Å²) in [5.74, 6) is -0.442. The number of rotatable bonds is 6. The maximum absolute atomic E-state index is 13.6. The van der Waals surface area contributed by atoms with Crippen LogP contribution in [0.4, 0.5) is 4.39 Å². The number of phenolic OH excluding ortho intramolecular Hbond substituents is 1. The van der Waals surface area contributed by atoms with E-state index in [0.717, 1.165) is 17.5 Å². The van der Waals surface area contributed by atoms with Crippen molar-refractivity contribution >= 4 is 21.7 Å². The van der Waals surface area contributed by atoms with Crippen molar-refractivity contribution in [1.29, 1.82) is 0 Å². The zero-order valence-corrected chi connectivity index (χ0v) is 15.5. The Hall–Kier alpha value is -1.88. The van der Waals surface area contributed by atoms with Gasteiger partial charge in [-0.1, -0.05) is 41.9 Å². The van der Waals surface area contributed by atoms with Crippen LogP contribution in [0.15, 0.2) is 30.3 Å². The lowest BCUT2D eigenvalue weighted by Crippen LogP contribution is -2.04. The molecule has 2 aromatic carbocycles. The van der Waals surface area contributed by atoms with Gasteiger partial charge in [-0.25, -0.2) is 4.39 Å². The first-order valence-corrected chi connectivity index (χ1v) is 8.78. The highest BCUT2D eigenvalue weighted by molar-refractivity contribution is 9.09. The van der Waals surface area contributed by atoms with E-state index in [2.05, 4.69) is 29.8 Å². The molecule has 2 aromatic rings. The van der Waals surface area contributed by atoms with Gasteiger partial charge in [0.25, 0.3) is 0 Å². The van der Waals surface area contributed by atoms with Gasteiger partial charge in [-0.05, 0) is 35.6 Å². The molecule has 0 spiro atoms. The van der Waals surface area contributed by atoms with Crippen LogP contribution in [-0.4, -0.2) is 23.3 Å². The highest BCUT2D eigenvalue weighted by Gasteiger charge is 2.17. The molecule has 0 amide bonds. The van der Waals surface area contributed by atoms with Crippen LogP contribution >= 0.6 is 15.9 Å². The fraction of sp³-hybridized carbons (Fsp3) is 0.316. The molecule has 0 saturated carbocycles. The molecule has 2 rings (SSSR count). The summed E-state index contributed by atoms with van der Waals surface area (Å²) < 4.78 is 18.9. The van der Waals surface area contributed by atoms with Crippen molar-refractivity contribution in [3.63, 3.8) is 0 Å². The van der Waals surface area contributed by atoms with Gasteiger partial charge < -0.3 is 9.84 Å². The number of hydrogen-bond acceptors (Lipinski definition) is 3. The zero-order chi connectivity index (χ0) is 17.9. The number of carbonyl (C=O) groups excluding carboxylic acids is 1. The van der Waals surface area contributed by atoms with E-state index in [1.54, 1.807) is 6.07 Å². The summed E-state index contributed by atoms with van der Waals surface area (Å²) >= 11 is 3.19. The molecule has 0 aliphatic heterocycles. The summed E-state index contributed by atoms with van der Waals surface area (Å²) in [6, 6.07) is 7.95. The molecule has 1 N–H and O–H groups in total. The van der Waals surface area contributed by atoms with Crippen molar-refractivity contribution in [2.24, 2.45) is 5.92 Å². The van der Waals surface area contributed by atoms with Gasteiger partial charge in [-0.2, -0.15) is 0 Å². The number of Topliss-reactive ketones (excluding diaryl/α,β-unsaturated/α-hetero) is 1. The van der Waals surface area contributed by atoms with Gasteiger partial charge in [0.1, 0.15) is 5.75 Å². The predicted molar refractivity (Wildman–Crippen MR) is 96.7 cm³/mol. The van der Waals surface area contributed by atoms with E-state index >= 15 is 0 Å².